The summed E-state index contributed by atoms with van der Waals surface area (Å²) in [6.45, 7) is 0.416. The number of carbonyl (C=O) groups is 2. The molecule has 158 valence electrons. The highest BCUT2D eigenvalue weighted by Crippen LogP contribution is 2.44. The van der Waals surface area contributed by atoms with E-state index in [2.05, 4.69) is 5.32 Å². The van der Waals surface area contributed by atoms with E-state index < -0.39 is 6.04 Å². The smallest absolute Gasteiger partial charge is 0.247 e. The van der Waals surface area contributed by atoms with Crippen LogP contribution in [0.25, 0.3) is 0 Å². The number of nitrogens with one attached hydrogen (secondary N) is 1. The van der Waals surface area contributed by atoms with E-state index in [1.165, 1.54) is 0 Å². The number of hydrogen-bond donors (Lipinski definition) is 1. The van der Waals surface area contributed by atoms with Gasteiger partial charge in [0.15, 0.2) is 11.5 Å². The zero-order chi connectivity index (χ0) is 21.1. The monoisotopic (exact) mass is 408 g/mol. The number of likely N-dealkylation sites (tertiary alicyclic amines) is 1. The minimum Gasteiger partial charge on any atom is -0.493 e. The van der Waals surface area contributed by atoms with Gasteiger partial charge < -0.3 is 19.7 Å². The molecule has 1 aliphatic carbocycles. The van der Waals surface area contributed by atoms with Crippen LogP contribution in [0.2, 0.25) is 0 Å². The van der Waals surface area contributed by atoms with Crippen molar-refractivity contribution in [3.63, 3.8) is 0 Å². The number of carbonyl (C=O) groups excluding carboxylic acids is 2. The molecular weight excluding hydrogens is 380 g/mol. The maximum absolute atomic E-state index is 13.3. The van der Waals surface area contributed by atoms with Gasteiger partial charge in [0, 0.05) is 12.6 Å². The summed E-state index contributed by atoms with van der Waals surface area (Å²) in [5.74, 6) is 1.10. The van der Waals surface area contributed by atoms with E-state index in [9.17, 15) is 9.59 Å². The maximum Gasteiger partial charge on any atom is 0.247 e. The van der Waals surface area contributed by atoms with E-state index in [0.29, 0.717) is 18.0 Å². The molecule has 30 heavy (non-hydrogen) atoms. The summed E-state index contributed by atoms with van der Waals surface area (Å²) in [4.78, 5) is 28.1. The number of nitrogens with zero attached hydrogens (tertiary/aromatic N) is 1. The zero-order valence-electron chi connectivity index (χ0n) is 17.5. The number of hydrogen-bond acceptors (Lipinski definition) is 4. The third-order valence-electron chi connectivity index (χ3n) is 6.22. The van der Waals surface area contributed by atoms with Gasteiger partial charge in [0.05, 0.1) is 20.1 Å². The molecule has 2 fully saturated rings. The summed E-state index contributed by atoms with van der Waals surface area (Å²) in [6.07, 6.45) is 4.05. The first-order valence-corrected chi connectivity index (χ1v) is 10.5. The van der Waals surface area contributed by atoms with Gasteiger partial charge in [-0.15, -0.1) is 0 Å². The van der Waals surface area contributed by atoms with Crippen LogP contribution in [0.1, 0.15) is 42.9 Å². The van der Waals surface area contributed by atoms with Crippen LogP contribution in [0.4, 0.5) is 0 Å². The first-order valence-electron chi connectivity index (χ1n) is 10.5. The topological polar surface area (TPSA) is 67.9 Å². The standard InChI is InChI=1S/C24H28N2O4/c1-29-20-13-12-17(14-21(20)30-2)22(23(27)25-15-16-8-4-3-5-9-16)26-19-11-7-6-10-18(19)24(26)28/h3-5,8-9,12-14,18-19,22H,6-7,10-11,15H2,1-2H3,(H,25,27)/t18-,19+,22?/m1/s1. The Morgan fingerprint density at radius 3 is 2.53 bits per heavy atom. The summed E-state index contributed by atoms with van der Waals surface area (Å²) < 4.78 is 10.8. The maximum atomic E-state index is 13.3. The van der Waals surface area contributed by atoms with E-state index in [1.807, 2.05) is 36.4 Å². The Morgan fingerprint density at radius 1 is 1.07 bits per heavy atom. The molecule has 1 saturated heterocycles. The number of benzene rings is 2. The van der Waals surface area contributed by atoms with E-state index in [1.54, 1.807) is 31.3 Å². The van der Waals surface area contributed by atoms with Crippen molar-refractivity contribution in [1.29, 1.82) is 0 Å². The van der Waals surface area contributed by atoms with E-state index in [0.717, 1.165) is 36.8 Å². The second-order valence-electron chi connectivity index (χ2n) is 7.92. The number of β-lactam (4-membered cyclic amide) rings is 1. The molecule has 1 unspecified atom stereocenters. The zero-order valence-corrected chi connectivity index (χ0v) is 17.5. The highest BCUT2D eigenvalue weighted by molar-refractivity contribution is 5.93. The van der Waals surface area contributed by atoms with Gasteiger partial charge in [0.2, 0.25) is 11.8 Å². The molecular formula is C24H28N2O4. The summed E-state index contributed by atoms with van der Waals surface area (Å²) in [5.41, 5.74) is 1.75. The minimum atomic E-state index is -0.680. The molecule has 3 atom stereocenters. The van der Waals surface area contributed by atoms with Gasteiger partial charge in [-0.3, -0.25) is 9.59 Å². The Kier molecular flexibility index (Phi) is 5.93. The number of ether oxygens (including phenoxy) is 2. The minimum absolute atomic E-state index is 0.0586. The summed E-state index contributed by atoms with van der Waals surface area (Å²) in [5, 5.41) is 3.02. The predicted octanol–water partition coefficient (Wildman–Crippen LogP) is 3.46. The molecule has 2 amide bonds. The number of rotatable bonds is 7. The molecule has 0 radical (unpaired) electrons. The van der Waals surface area contributed by atoms with Crippen molar-refractivity contribution in [3.05, 3.63) is 59.7 Å². The van der Waals surface area contributed by atoms with E-state index in [4.69, 9.17) is 9.47 Å². The van der Waals surface area contributed by atoms with Crippen LogP contribution in [-0.2, 0) is 16.1 Å². The van der Waals surface area contributed by atoms with Gasteiger partial charge in [0.1, 0.15) is 6.04 Å². The predicted molar refractivity (Wildman–Crippen MR) is 113 cm³/mol. The fourth-order valence-electron chi connectivity index (χ4n) is 4.67. The largest absolute Gasteiger partial charge is 0.493 e. The quantitative estimate of drug-likeness (QED) is 0.713. The van der Waals surface area contributed by atoms with Crippen LogP contribution in [-0.4, -0.2) is 37.0 Å². The lowest BCUT2D eigenvalue weighted by Gasteiger charge is -2.52. The molecule has 1 heterocycles. The highest BCUT2D eigenvalue weighted by Gasteiger charge is 2.52. The van der Waals surface area contributed by atoms with Gasteiger partial charge in [-0.05, 0) is 36.1 Å². The molecule has 0 aromatic heterocycles. The summed E-state index contributed by atoms with van der Waals surface area (Å²) in [7, 11) is 3.14. The highest BCUT2D eigenvalue weighted by atomic mass is 16.5. The Hall–Kier alpha value is -3.02. The molecule has 2 aromatic carbocycles. The average Bonchev–Trinajstić information content (AvgIpc) is 2.80. The lowest BCUT2D eigenvalue weighted by atomic mass is 9.74. The number of methoxy groups -OCH3 is 2. The van der Waals surface area contributed by atoms with Crippen molar-refractivity contribution in [2.24, 2.45) is 5.92 Å². The van der Waals surface area contributed by atoms with Gasteiger partial charge in [0.25, 0.3) is 0 Å². The Balaban J connectivity index is 1.63. The SMILES string of the molecule is COc1ccc(C(C(=O)NCc2ccccc2)N2C(=O)[C@@H]3CCCC[C@@H]32)cc1OC. The molecule has 2 aromatic rings. The second kappa shape index (κ2) is 8.78. The van der Waals surface area contributed by atoms with Crippen LogP contribution in [0.5, 0.6) is 11.5 Å². The normalized spacial score (nSPS) is 21.3. The third-order valence-corrected chi connectivity index (χ3v) is 6.22. The van der Waals surface area contributed by atoms with Crippen LogP contribution in [0.15, 0.2) is 48.5 Å². The lowest BCUT2D eigenvalue weighted by Crippen LogP contribution is -2.64. The molecule has 6 heteroatoms. The van der Waals surface area contributed by atoms with Crippen molar-refractivity contribution < 1.29 is 19.1 Å². The second-order valence-corrected chi connectivity index (χ2v) is 7.92. The van der Waals surface area contributed by atoms with Crippen molar-refractivity contribution in [2.45, 2.75) is 44.3 Å². The molecule has 1 aliphatic heterocycles. The van der Waals surface area contributed by atoms with Gasteiger partial charge in [-0.2, -0.15) is 0 Å². The fourth-order valence-corrected chi connectivity index (χ4v) is 4.67. The molecule has 0 spiro atoms. The fraction of sp³-hybridized carbons (Fsp3) is 0.417. The molecule has 6 nitrogen and oxygen atoms in total. The third kappa shape index (κ3) is 3.74. The van der Waals surface area contributed by atoms with Crippen LogP contribution >= 0.6 is 0 Å². The van der Waals surface area contributed by atoms with Crippen molar-refractivity contribution in [2.75, 3.05) is 14.2 Å². The number of amides is 2. The van der Waals surface area contributed by atoms with E-state index in [-0.39, 0.29) is 23.8 Å². The Labute approximate surface area is 177 Å². The summed E-state index contributed by atoms with van der Waals surface area (Å²) in [6, 6.07) is 14.7. The van der Waals surface area contributed by atoms with Crippen molar-refractivity contribution in [3.8, 4) is 11.5 Å². The van der Waals surface area contributed by atoms with Gasteiger partial charge >= 0.3 is 0 Å². The van der Waals surface area contributed by atoms with Crippen molar-refractivity contribution >= 4 is 11.8 Å². The molecule has 1 saturated carbocycles. The van der Waals surface area contributed by atoms with Gasteiger partial charge in [-0.1, -0.05) is 49.2 Å². The molecule has 2 aliphatic rings. The Bertz CT molecular complexity index is 915. The van der Waals surface area contributed by atoms with Crippen molar-refractivity contribution in [1.82, 2.24) is 10.2 Å². The molecule has 0 bridgehead atoms. The first kappa shape index (κ1) is 20.3. The molecule has 4 rings (SSSR count). The van der Waals surface area contributed by atoms with Crippen LogP contribution in [0.3, 0.4) is 0 Å². The Morgan fingerprint density at radius 2 is 1.80 bits per heavy atom. The van der Waals surface area contributed by atoms with Crippen LogP contribution in [0, 0.1) is 5.92 Å². The number of fused-ring (bicyclic) bond motifs is 1. The summed E-state index contributed by atoms with van der Waals surface area (Å²) >= 11 is 0. The lowest BCUT2D eigenvalue weighted by molar-refractivity contribution is -0.168. The van der Waals surface area contributed by atoms with E-state index >= 15 is 0 Å². The average molecular weight is 408 g/mol. The van der Waals surface area contributed by atoms with Gasteiger partial charge in [-0.25, -0.2) is 0 Å². The molecule has 1 N–H and O–H groups in total. The van der Waals surface area contributed by atoms with Crippen LogP contribution < -0.4 is 14.8 Å². The first-order chi connectivity index (χ1) is 14.6.